The van der Waals surface area contributed by atoms with Gasteiger partial charge >= 0.3 is 11.8 Å². The molecule has 0 unspecified atom stereocenters. The first-order valence-electron chi connectivity index (χ1n) is 11.3. The highest BCUT2D eigenvalue weighted by Gasteiger charge is 2.27. The van der Waals surface area contributed by atoms with E-state index in [0.29, 0.717) is 38.0 Å². The molecule has 8 heteroatoms. The van der Waals surface area contributed by atoms with Crippen molar-refractivity contribution in [2.45, 2.75) is 52.2 Å². The molecule has 1 heterocycles. The van der Waals surface area contributed by atoms with E-state index in [1.165, 1.54) is 6.07 Å². The Bertz CT molecular complexity index is 934. The number of hydrogen-bond acceptors (Lipinski definition) is 6. The number of benzene rings is 2. The second kappa shape index (κ2) is 11.0. The Morgan fingerprint density at radius 3 is 2.42 bits per heavy atom. The maximum Gasteiger partial charge on any atom is 0.410 e. The molecule has 1 aliphatic rings. The van der Waals surface area contributed by atoms with Crippen LogP contribution in [0.5, 0.6) is 11.5 Å². The van der Waals surface area contributed by atoms with Crippen LogP contribution < -0.4 is 9.47 Å². The molecule has 1 amide bonds. The van der Waals surface area contributed by atoms with Crippen molar-refractivity contribution < 1.29 is 23.9 Å². The van der Waals surface area contributed by atoms with Crippen molar-refractivity contribution in [3.8, 4) is 11.5 Å². The number of piperidine rings is 1. The average molecular weight is 457 g/mol. The molecule has 0 N–H and O–H groups in total. The van der Waals surface area contributed by atoms with Crippen LogP contribution in [0.1, 0.15) is 45.6 Å². The van der Waals surface area contributed by atoms with Crippen molar-refractivity contribution in [2.24, 2.45) is 5.92 Å². The van der Waals surface area contributed by atoms with Crippen LogP contribution in [-0.2, 0) is 11.3 Å². The van der Waals surface area contributed by atoms with Crippen molar-refractivity contribution in [2.75, 3.05) is 19.7 Å². The average Bonchev–Trinajstić information content (AvgIpc) is 2.77. The highest BCUT2D eigenvalue weighted by molar-refractivity contribution is 5.68. The molecule has 1 fully saturated rings. The number of hydrogen-bond donors (Lipinski definition) is 0. The van der Waals surface area contributed by atoms with Crippen LogP contribution in [0, 0.1) is 16.0 Å². The molecule has 0 aliphatic carbocycles. The highest BCUT2D eigenvalue weighted by atomic mass is 16.6. The second-order valence-electron chi connectivity index (χ2n) is 9.21. The maximum absolute atomic E-state index is 12.2. The number of nitro benzene ring substituents is 1. The molecule has 0 radical (unpaired) electrons. The number of carbonyl (C=O) groups excluding carboxylic acids is 1. The third kappa shape index (κ3) is 7.66. The summed E-state index contributed by atoms with van der Waals surface area (Å²) in [6.45, 7) is 7.58. The number of carbonyl (C=O) groups is 1. The summed E-state index contributed by atoms with van der Waals surface area (Å²) >= 11 is 0. The lowest BCUT2D eigenvalue weighted by atomic mass is 9.94. The molecular weight excluding hydrogens is 424 g/mol. The lowest BCUT2D eigenvalue weighted by Gasteiger charge is -2.33. The van der Waals surface area contributed by atoms with Crippen molar-refractivity contribution in [1.29, 1.82) is 0 Å². The van der Waals surface area contributed by atoms with Gasteiger partial charge in [-0.1, -0.05) is 30.3 Å². The Labute approximate surface area is 194 Å². The summed E-state index contributed by atoms with van der Waals surface area (Å²) in [6, 6.07) is 14.3. The third-order valence-corrected chi connectivity index (χ3v) is 5.43. The predicted molar refractivity (Wildman–Crippen MR) is 125 cm³/mol. The molecule has 0 spiro atoms. The molecular formula is C25H32N2O6. The summed E-state index contributed by atoms with van der Waals surface area (Å²) in [5, 5.41) is 11.4. The molecule has 8 nitrogen and oxygen atoms in total. The van der Waals surface area contributed by atoms with Gasteiger partial charge in [-0.2, -0.15) is 0 Å². The minimum absolute atomic E-state index is 0.0817. The topological polar surface area (TPSA) is 91.1 Å². The number of amides is 1. The predicted octanol–water partition coefficient (Wildman–Crippen LogP) is 5.59. The van der Waals surface area contributed by atoms with Crippen LogP contribution in [0.25, 0.3) is 0 Å². The summed E-state index contributed by atoms with van der Waals surface area (Å²) in [7, 11) is 0. The normalized spacial score (nSPS) is 14.6. The molecule has 178 valence electrons. The van der Waals surface area contributed by atoms with Crippen LogP contribution in [-0.4, -0.2) is 41.2 Å². The van der Waals surface area contributed by atoms with Gasteiger partial charge in [0.1, 0.15) is 18.0 Å². The highest BCUT2D eigenvalue weighted by Crippen LogP contribution is 2.32. The standard InChI is InChI=1S/C25H32N2O6/c1-25(2,3)33-24(28)26-14-11-19(12-15-26)13-16-31-23-17-21(9-10-22(23)27(29)30)32-18-20-7-5-4-6-8-20/h4-10,17,19H,11-16,18H2,1-3H3. The van der Waals surface area contributed by atoms with Gasteiger partial charge in [0.25, 0.3) is 0 Å². The quantitative estimate of drug-likeness (QED) is 0.380. The minimum Gasteiger partial charge on any atom is -0.489 e. The lowest BCUT2D eigenvalue weighted by molar-refractivity contribution is -0.385. The van der Waals surface area contributed by atoms with Crippen LogP contribution in [0.4, 0.5) is 10.5 Å². The Morgan fingerprint density at radius 2 is 1.79 bits per heavy atom. The third-order valence-electron chi connectivity index (χ3n) is 5.43. The fraction of sp³-hybridized carbons (Fsp3) is 0.480. The number of likely N-dealkylation sites (tertiary alicyclic amines) is 1. The van der Waals surface area contributed by atoms with Gasteiger partial charge in [-0.3, -0.25) is 10.1 Å². The zero-order chi connectivity index (χ0) is 23.8. The smallest absolute Gasteiger partial charge is 0.410 e. The van der Waals surface area contributed by atoms with Gasteiger partial charge in [-0.05, 0) is 57.6 Å². The molecule has 2 aromatic rings. The van der Waals surface area contributed by atoms with E-state index in [4.69, 9.17) is 14.2 Å². The van der Waals surface area contributed by atoms with E-state index in [2.05, 4.69) is 0 Å². The Hall–Kier alpha value is -3.29. The number of nitrogens with zero attached hydrogens (tertiary/aromatic N) is 2. The number of ether oxygens (including phenoxy) is 3. The largest absolute Gasteiger partial charge is 0.489 e. The number of nitro groups is 1. The molecule has 33 heavy (non-hydrogen) atoms. The van der Waals surface area contributed by atoms with Crippen LogP contribution in [0.15, 0.2) is 48.5 Å². The number of rotatable bonds is 8. The molecule has 0 atom stereocenters. The van der Waals surface area contributed by atoms with Crippen LogP contribution >= 0.6 is 0 Å². The van der Waals surface area contributed by atoms with Gasteiger partial charge in [-0.25, -0.2) is 4.79 Å². The fourth-order valence-corrected chi connectivity index (χ4v) is 3.66. The van der Waals surface area contributed by atoms with Gasteiger partial charge in [0.05, 0.1) is 11.5 Å². The van der Waals surface area contributed by atoms with Crippen molar-refractivity contribution in [1.82, 2.24) is 4.90 Å². The van der Waals surface area contributed by atoms with E-state index in [9.17, 15) is 14.9 Å². The molecule has 0 bridgehead atoms. The first kappa shape index (κ1) is 24.4. The molecule has 0 saturated carbocycles. The van der Waals surface area contributed by atoms with Crippen molar-refractivity contribution >= 4 is 11.8 Å². The van der Waals surface area contributed by atoms with E-state index >= 15 is 0 Å². The maximum atomic E-state index is 12.2. The Kier molecular flexibility index (Phi) is 8.14. The van der Waals surface area contributed by atoms with E-state index in [0.717, 1.165) is 24.8 Å². The summed E-state index contributed by atoms with van der Waals surface area (Å²) in [5.41, 5.74) is 0.424. The van der Waals surface area contributed by atoms with E-state index in [1.807, 2.05) is 51.1 Å². The minimum atomic E-state index is -0.504. The lowest BCUT2D eigenvalue weighted by Crippen LogP contribution is -2.41. The van der Waals surface area contributed by atoms with Crippen LogP contribution in [0.2, 0.25) is 0 Å². The SMILES string of the molecule is CC(C)(C)OC(=O)N1CCC(CCOc2cc(OCc3ccccc3)ccc2[N+](=O)[O-])CC1. The van der Waals surface area contributed by atoms with Crippen molar-refractivity contribution in [3.05, 3.63) is 64.2 Å². The van der Waals surface area contributed by atoms with Gasteiger partial charge in [0.2, 0.25) is 5.75 Å². The van der Waals surface area contributed by atoms with Gasteiger partial charge < -0.3 is 19.1 Å². The zero-order valence-corrected chi connectivity index (χ0v) is 19.5. The van der Waals surface area contributed by atoms with Gasteiger partial charge in [0.15, 0.2) is 0 Å². The molecule has 3 rings (SSSR count). The van der Waals surface area contributed by atoms with E-state index in [-0.39, 0.29) is 17.5 Å². The first-order chi connectivity index (χ1) is 15.7. The van der Waals surface area contributed by atoms with Crippen molar-refractivity contribution in [3.63, 3.8) is 0 Å². The van der Waals surface area contributed by atoms with E-state index < -0.39 is 10.5 Å². The monoisotopic (exact) mass is 456 g/mol. The molecule has 1 saturated heterocycles. The van der Waals surface area contributed by atoms with Gasteiger partial charge in [-0.15, -0.1) is 0 Å². The summed E-state index contributed by atoms with van der Waals surface area (Å²) in [4.78, 5) is 24.9. The summed E-state index contributed by atoms with van der Waals surface area (Å²) in [5.74, 6) is 1.11. The second-order valence-corrected chi connectivity index (χ2v) is 9.21. The van der Waals surface area contributed by atoms with Crippen LogP contribution in [0.3, 0.4) is 0 Å². The molecule has 1 aliphatic heterocycles. The fourth-order valence-electron chi connectivity index (χ4n) is 3.66. The molecule has 0 aromatic heterocycles. The summed E-state index contributed by atoms with van der Waals surface area (Å²) in [6.07, 6.45) is 2.18. The Morgan fingerprint density at radius 1 is 1.09 bits per heavy atom. The van der Waals surface area contributed by atoms with Gasteiger partial charge in [0, 0.05) is 25.2 Å². The van der Waals surface area contributed by atoms with E-state index in [1.54, 1.807) is 17.0 Å². The Balaban J connectivity index is 1.50. The zero-order valence-electron chi connectivity index (χ0n) is 19.5. The first-order valence-corrected chi connectivity index (χ1v) is 11.3. The summed E-state index contributed by atoms with van der Waals surface area (Å²) < 4.78 is 17.0. The molecule has 2 aromatic carbocycles.